The van der Waals surface area contributed by atoms with Crippen molar-refractivity contribution in [2.24, 2.45) is 0 Å². The van der Waals surface area contributed by atoms with Gasteiger partial charge in [-0.1, -0.05) is 29.8 Å². The first kappa shape index (κ1) is 13.2. The van der Waals surface area contributed by atoms with E-state index in [-0.39, 0.29) is 0 Å². The second-order valence-corrected chi connectivity index (χ2v) is 5.71. The summed E-state index contributed by atoms with van der Waals surface area (Å²) >= 11 is 0. The molecule has 0 radical (unpaired) electrons. The zero-order valence-corrected chi connectivity index (χ0v) is 12.0. The molecular formula is C16H22N4. The predicted molar refractivity (Wildman–Crippen MR) is 81.4 cm³/mol. The number of hydrogen-bond donors (Lipinski definition) is 1. The van der Waals surface area contributed by atoms with Crippen molar-refractivity contribution in [3.63, 3.8) is 0 Å². The van der Waals surface area contributed by atoms with Gasteiger partial charge in [-0.15, -0.1) is 0 Å². The van der Waals surface area contributed by atoms with Crippen molar-refractivity contribution in [2.45, 2.75) is 32.4 Å². The molecule has 1 aliphatic heterocycles. The molecule has 0 unspecified atom stereocenters. The highest BCUT2D eigenvalue weighted by molar-refractivity contribution is 5.24. The summed E-state index contributed by atoms with van der Waals surface area (Å²) in [5, 5.41) is 4.33. The number of nitrogens with two attached hydrogens (primary N) is 1. The van der Waals surface area contributed by atoms with Gasteiger partial charge >= 0.3 is 0 Å². The Balaban J connectivity index is 1.54. The molecule has 2 aromatic rings. The lowest BCUT2D eigenvalue weighted by Gasteiger charge is -2.32. The molecule has 0 aliphatic carbocycles. The van der Waals surface area contributed by atoms with Gasteiger partial charge in [-0.25, -0.2) is 0 Å². The van der Waals surface area contributed by atoms with E-state index in [0.29, 0.717) is 11.9 Å². The summed E-state index contributed by atoms with van der Waals surface area (Å²) in [6, 6.07) is 11.2. The highest BCUT2D eigenvalue weighted by atomic mass is 15.3. The number of likely N-dealkylation sites (tertiary alicyclic amines) is 1. The van der Waals surface area contributed by atoms with Crippen LogP contribution in [0.4, 0.5) is 5.82 Å². The lowest BCUT2D eigenvalue weighted by molar-refractivity contribution is 0.173. The van der Waals surface area contributed by atoms with Gasteiger partial charge in [0, 0.05) is 25.8 Å². The van der Waals surface area contributed by atoms with Gasteiger partial charge in [0.05, 0.1) is 6.04 Å². The zero-order chi connectivity index (χ0) is 13.9. The van der Waals surface area contributed by atoms with E-state index in [9.17, 15) is 0 Å². The summed E-state index contributed by atoms with van der Waals surface area (Å²) in [5.41, 5.74) is 8.41. The molecule has 0 spiro atoms. The van der Waals surface area contributed by atoms with Gasteiger partial charge in [-0.2, -0.15) is 5.10 Å². The van der Waals surface area contributed by atoms with Crippen LogP contribution in [0.5, 0.6) is 0 Å². The minimum absolute atomic E-state index is 0.501. The smallest absolute Gasteiger partial charge is 0.145 e. The van der Waals surface area contributed by atoms with Gasteiger partial charge < -0.3 is 5.73 Å². The van der Waals surface area contributed by atoms with Crippen LogP contribution in [0.25, 0.3) is 0 Å². The number of nitrogens with zero attached hydrogens (tertiary/aromatic N) is 3. The third-order valence-electron chi connectivity index (χ3n) is 4.09. The van der Waals surface area contributed by atoms with Gasteiger partial charge in [0.2, 0.25) is 0 Å². The summed E-state index contributed by atoms with van der Waals surface area (Å²) < 4.78 is 2.03. The number of hydrogen-bond acceptors (Lipinski definition) is 3. The number of piperidine rings is 1. The Morgan fingerprint density at radius 2 is 1.85 bits per heavy atom. The third-order valence-corrected chi connectivity index (χ3v) is 4.09. The van der Waals surface area contributed by atoms with Crippen LogP contribution in [-0.2, 0) is 6.54 Å². The largest absolute Gasteiger partial charge is 0.382 e. The Kier molecular flexibility index (Phi) is 3.74. The number of aryl methyl sites for hydroxylation is 1. The molecule has 1 saturated heterocycles. The fraction of sp³-hybridized carbons (Fsp3) is 0.438. The third kappa shape index (κ3) is 3.02. The number of anilines is 1. The van der Waals surface area contributed by atoms with Gasteiger partial charge in [-0.05, 0) is 31.4 Å². The molecule has 2 N–H and O–H groups in total. The Morgan fingerprint density at radius 1 is 1.15 bits per heavy atom. The standard InChI is InChI=1S/C16H22N4/c1-13-2-4-14(5-3-13)12-19-9-6-15(7-10-19)20-11-8-16(17)18-20/h2-5,8,11,15H,6-7,9-10,12H2,1H3,(H2,17,18). The summed E-state index contributed by atoms with van der Waals surface area (Å²) in [6.07, 6.45) is 4.29. The van der Waals surface area contributed by atoms with Crippen LogP contribution < -0.4 is 5.73 Å². The highest BCUT2D eigenvalue weighted by Crippen LogP contribution is 2.23. The van der Waals surface area contributed by atoms with E-state index in [4.69, 9.17) is 5.73 Å². The first-order chi connectivity index (χ1) is 9.70. The summed E-state index contributed by atoms with van der Waals surface area (Å²) in [4.78, 5) is 2.52. The minimum atomic E-state index is 0.501. The van der Waals surface area contributed by atoms with Gasteiger partial charge in [0.1, 0.15) is 5.82 Å². The van der Waals surface area contributed by atoms with Gasteiger partial charge in [0.25, 0.3) is 0 Å². The Hall–Kier alpha value is -1.81. The monoisotopic (exact) mass is 270 g/mol. The van der Waals surface area contributed by atoms with Crippen LogP contribution in [0, 0.1) is 6.92 Å². The predicted octanol–water partition coefficient (Wildman–Crippen LogP) is 2.61. The summed E-state index contributed by atoms with van der Waals surface area (Å²) in [5.74, 6) is 0.618. The molecule has 106 valence electrons. The van der Waals surface area contributed by atoms with Crippen molar-refractivity contribution in [1.82, 2.24) is 14.7 Å². The van der Waals surface area contributed by atoms with Gasteiger partial charge in [0.15, 0.2) is 0 Å². The molecule has 2 heterocycles. The van der Waals surface area contributed by atoms with E-state index >= 15 is 0 Å². The van der Waals surface area contributed by atoms with Crippen LogP contribution in [-0.4, -0.2) is 27.8 Å². The molecular weight excluding hydrogens is 248 g/mol. The van der Waals surface area contributed by atoms with Crippen LogP contribution in [0.1, 0.15) is 30.0 Å². The molecule has 0 saturated carbocycles. The van der Waals surface area contributed by atoms with Gasteiger partial charge in [-0.3, -0.25) is 9.58 Å². The first-order valence-electron chi connectivity index (χ1n) is 7.29. The van der Waals surface area contributed by atoms with Crippen LogP contribution in [0.15, 0.2) is 36.5 Å². The van der Waals surface area contributed by atoms with Crippen molar-refractivity contribution in [2.75, 3.05) is 18.8 Å². The normalized spacial score (nSPS) is 17.4. The molecule has 0 amide bonds. The van der Waals surface area contributed by atoms with Crippen LogP contribution in [0.2, 0.25) is 0 Å². The van der Waals surface area contributed by atoms with Crippen LogP contribution >= 0.6 is 0 Å². The molecule has 4 nitrogen and oxygen atoms in total. The van der Waals surface area contributed by atoms with Crippen molar-refractivity contribution in [3.05, 3.63) is 47.7 Å². The number of aromatic nitrogens is 2. The number of benzene rings is 1. The number of nitrogen functional groups attached to an aromatic ring is 1. The Morgan fingerprint density at radius 3 is 2.45 bits per heavy atom. The van der Waals surface area contributed by atoms with Crippen molar-refractivity contribution < 1.29 is 0 Å². The lowest BCUT2D eigenvalue weighted by atomic mass is 10.0. The molecule has 3 rings (SSSR count). The maximum Gasteiger partial charge on any atom is 0.145 e. The van der Waals surface area contributed by atoms with Crippen molar-refractivity contribution >= 4 is 5.82 Å². The van der Waals surface area contributed by atoms with Crippen LogP contribution in [0.3, 0.4) is 0 Å². The average Bonchev–Trinajstić information content (AvgIpc) is 2.89. The molecule has 1 aromatic carbocycles. The SMILES string of the molecule is Cc1ccc(CN2CCC(n3ccc(N)n3)CC2)cc1. The van der Waals surface area contributed by atoms with Crippen molar-refractivity contribution in [1.29, 1.82) is 0 Å². The highest BCUT2D eigenvalue weighted by Gasteiger charge is 2.20. The zero-order valence-electron chi connectivity index (χ0n) is 12.0. The second-order valence-electron chi connectivity index (χ2n) is 5.71. The maximum atomic E-state index is 5.68. The molecule has 0 bridgehead atoms. The summed E-state index contributed by atoms with van der Waals surface area (Å²) in [6.45, 7) is 5.43. The Labute approximate surface area is 120 Å². The topological polar surface area (TPSA) is 47.1 Å². The summed E-state index contributed by atoms with van der Waals surface area (Å²) in [7, 11) is 0. The maximum absolute atomic E-state index is 5.68. The minimum Gasteiger partial charge on any atom is -0.382 e. The molecule has 0 atom stereocenters. The second kappa shape index (κ2) is 5.67. The fourth-order valence-corrected chi connectivity index (χ4v) is 2.85. The van der Waals surface area contributed by atoms with E-state index in [1.54, 1.807) is 0 Å². The average molecular weight is 270 g/mol. The van der Waals surface area contributed by atoms with E-state index in [1.807, 2.05) is 16.9 Å². The Bertz CT molecular complexity index is 550. The lowest BCUT2D eigenvalue weighted by Crippen LogP contribution is -2.34. The molecule has 1 fully saturated rings. The van der Waals surface area contributed by atoms with E-state index in [2.05, 4.69) is 41.2 Å². The quantitative estimate of drug-likeness (QED) is 0.932. The fourth-order valence-electron chi connectivity index (χ4n) is 2.85. The van der Waals surface area contributed by atoms with E-state index in [1.165, 1.54) is 11.1 Å². The van der Waals surface area contributed by atoms with E-state index < -0.39 is 0 Å². The molecule has 20 heavy (non-hydrogen) atoms. The first-order valence-corrected chi connectivity index (χ1v) is 7.29. The molecule has 1 aromatic heterocycles. The van der Waals surface area contributed by atoms with E-state index in [0.717, 1.165) is 32.5 Å². The molecule has 1 aliphatic rings. The van der Waals surface area contributed by atoms with Crippen molar-refractivity contribution in [3.8, 4) is 0 Å². The molecule has 4 heteroatoms. The number of rotatable bonds is 3.